The number of nitro benzene ring substituents is 2. The third-order valence-corrected chi connectivity index (χ3v) is 13.8. The molecule has 0 aliphatic rings. The number of nitrogens with two attached hydrogens (primary N) is 3. The van der Waals surface area contributed by atoms with Crippen LogP contribution in [0.1, 0.15) is 75.2 Å². The maximum atomic E-state index is 14.3. The lowest BCUT2D eigenvalue weighted by Crippen LogP contribution is -2.62. The lowest BCUT2D eigenvalue weighted by molar-refractivity contribution is -0.393. The van der Waals surface area contributed by atoms with Crippen molar-refractivity contribution in [1.82, 2.24) is 58.5 Å². The van der Waals surface area contributed by atoms with Crippen LogP contribution in [0.15, 0.2) is 72.8 Å². The molecular weight excluding hydrogens is 1270 g/mol. The highest BCUT2D eigenvalue weighted by Gasteiger charge is 2.37. The van der Waals surface area contributed by atoms with E-state index in [9.17, 15) is 108 Å². The number of benzene rings is 3. The van der Waals surface area contributed by atoms with Crippen LogP contribution in [0, 0.1) is 20.2 Å². The lowest BCUT2D eigenvalue weighted by atomic mass is 10.0. The van der Waals surface area contributed by atoms with E-state index in [-0.39, 0.29) is 42.9 Å². The molecule has 3 rings (SSSR count). The zero-order valence-corrected chi connectivity index (χ0v) is 52.0. The van der Waals surface area contributed by atoms with Crippen molar-refractivity contribution in [3.05, 3.63) is 104 Å². The zero-order valence-electron chi connectivity index (χ0n) is 52.0. The average Bonchev–Trinajstić information content (AvgIpc) is 0.931. The van der Waals surface area contributed by atoms with Crippen molar-refractivity contribution >= 4 is 106 Å². The SMILES string of the molecule is C[C@H](NC(=O)CNC(=O)c1ccccc1N)C(=O)N[C@@H](CO)C(=O)N[C@@H](CCC(N)=O)C(=O)N[C@@H](Cc1ccccc1)C(=O)N[C@@H](CCC(=O)O)C(=O)N[C@H](C(=O)N[C@@H](CO)C(=O)N[C@@H](C)C(=O)N[C@@H](CCC(N)=O)C(=O)NCCNc1ccc([N+](=O)[O-])cc1[N+](=O)[O-])[C@@H](C)O. The van der Waals surface area contributed by atoms with Gasteiger partial charge in [0.05, 0.1) is 47.3 Å². The van der Waals surface area contributed by atoms with Crippen LogP contribution in [-0.2, 0) is 68.7 Å². The Labute approximate surface area is 545 Å². The van der Waals surface area contributed by atoms with Gasteiger partial charge >= 0.3 is 5.97 Å². The minimum Gasteiger partial charge on any atom is -0.481 e. The Bertz CT molecular complexity index is 3340. The summed E-state index contributed by atoms with van der Waals surface area (Å²) in [5.41, 5.74) is 15.7. The number of non-ortho nitro benzene ring substituents is 1. The first-order valence-electron chi connectivity index (χ1n) is 29.3. The standard InChI is InChI=1S/C57H77N17O22/c1-28(64-45(80)25-63-50(85)33-11-7-8-12-34(33)58)48(83)70-41(27-76)56(91)68-37(16-19-44(60)79)52(87)69-39(23-31-9-5-4-6-10-31)54(89)67-38(17-20-46(81)82)53(88)72-47(30(3)77)57(92)71-40(26-75)55(90)65-29(2)49(84)66-36(15-18-43(59)78)51(86)62-22-21-61-35-14-13-32(73(93)94)24-42(35)74(95)96/h4-14,24,28-30,36-41,47,61,75-77H,15-23,25-27,58H2,1-3H3,(H2,59,78)(H2,60,79)(H,62,86)(H,63,85)(H,64,80)(H,65,90)(H,66,84)(H,67,89)(H,68,91)(H,69,87)(H,70,83)(H,71,92)(H,72,88)(H,81,82)/t28-,29-,30+,36-,37-,38-,39-,40-,41-,47-/m0/s1. The molecule has 3 aromatic carbocycles. The Kier molecular flexibility index (Phi) is 32.1. The van der Waals surface area contributed by atoms with E-state index in [2.05, 4.69) is 63.8 Å². The molecule has 0 aromatic heterocycles. The van der Waals surface area contributed by atoms with E-state index in [1.807, 2.05) is 0 Å². The molecule has 522 valence electrons. The summed E-state index contributed by atoms with van der Waals surface area (Å²) in [6.07, 6.45) is -5.74. The maximum Gasteiger partial charge on any atom is 0.303 e. The summed E-state index contributed by atoms with van der Waals surface area (Å²) in [6.45, 7) is -0.0474. The second-order valence-electron chi connectivity index (χ2n) is 21.3. The van der Waals surface area contributed by atoms with Crippen molar-refractivity contribution < 1.29 is 97.4 Å². The van der Waals surface area contributed by atoms with Crippen molar-refractivity contribution in [2.45, 2.75) is 126 Å². The number of hydrogen-bond donors (Lipinski definition) is 19. The van der Waals surface area contributed by atoms with Crippen LogP contribution in [-0.4, -0.2) is 206 Å². The molecule has 0 heterocycles. The van der Waals surface area contributed by atoms with Gasteiger partial charge in [-0.25, -0.2) is 0 Å². The molecule has 22 N–H and O–H groups in total. The number of carboxylic acids is 1. The number of carbonyl (C=O) groups is 14. The van der Waals surface area contributed by atoms with Crippen molar-refractivity contribution in [1.29, 1.82) is 0 Å². The van der Waals surface area contributed by atoms with Gasteiger partial charge in [0.25, 0.3) is 17.3 Å². The smallest absolute Gasteiger partial charge is 0.303 e. The monoisotopic (exact) mass is 1350 g/mol. The highest BCUT2D eigenvalue weighted by molar-refractivity contribution is 6.02. The van der Waals surface area contributed by atoms with Gasteiger partial charge in [-0.2, -0.15) is 0 Å². The number of nitro groups is 2. The second kappa shape index (κ2) is 39.2. The normalized spacial score (nSPS) is 13.9. The lowest BCUT2D eigenvalue weighted by Gasteiger charge is -2.28. The molecule has 0 bridgehead atoms. The van der Waals surface area contributed by atoms with Crippen molar-refractivity contribution in [3.8, 4) is 0 Å². The minimum absolute atomic E-state index is 0.0747. The predicted octanol–water partition coefficient (Wildman–Crippen LogP) is -6.55. The number of primary amides is 2. The summed E-state index contributed by atoms with van der Waals surface area (Å²) in [5, 5.41) is 90.9. The Hall–Kier alpha value is -11.5. The number of aliphatic hydroxyl groups is 3. The van der Waals surface area contributed by atoms with Crippen LogP contribution in [0.3, 0.4) is 0 Å². The number of amides is 13. The number of aliphatic carboxylic acids is 1. The van der Waals surface area contributed by atoms with E-state index in [0.717, 1.165) is 32.0 Å². The molecule has 0 unspecified atom stereocenters. The molecule has 3 aromatic rings. The Balaban J connectivity index is 1.75. The fraction of sp³-hybridized carbons (Fsp3) is 0.439. The molecule has 39 nitrogen and oxygen atoms in total. The molecular formula is C57H77N17O22. The number of nitrogens with one attached hydrogen (secondary N) is 12. The van der Waals surface area contributed by atoms with Gasteiger partial charge in [0, 0.05) is 50.5 Å². The number of para-hydroxylation sites is 1. The van der Waals surface area contributed by atoms with Gasteiger partial charge in [0.1, 0.15) is 60.1 Å². The van der Waals surface area contributed by atoms with Crippen molar-refractivity contribution in [2.24, 2.45) is 11.5 Å². The molecule has 0 aliphatic heterocycles. The molecule has 96 heavy (non-hydrogen) atoms. The maximum absolute atomic E-state index is 14.3. The highest BCUT2D eigenvalue weighted by Crippen LogP contribution is 2.28. The first-order chi connectivity index (χ1) is 45.3. The summed E-state index contributed by atoms with van der Waals surface area (Å²) < 4.78 is 0. The number of rotatable bonds is 41. The van der Waals surface area contributed by atoms with Crippen LogP contribution in [0.5, 0.6) is 0 Å². The summed E-state index contributed by atoms with van der Waals surface area (Å²) in [7, 11) is 0. The number of carbonyl (C=O) groups excluding carboxylic acids is 13. The summed E-state index contributed by atoms with van der Waals surface area (Å²) in [5.74, 6) is -15.5. The van der Waals surface area contributed by atoms with Gasteiger partial charge in [-0.15, -0.1) is 0 Å². The Morgan fingerprint density at radius 1 is 0.510 bits per heavy atom. The van der Waals surface area contributed by atoms with Crippen LogP contribution in [0.4, 0.5) is 22.7 Å². The topological polar surface area (TPSA) is 629 Å². The van der Waals surface area contributed by atoms with Crippen LogP contribution >= 0.6 is 0 Å². The van der Waals surface area contributed by atoms with E-state index in [4.69, 9.17) is 17.2 Å². The molecule has 0 spiro atoms. The Morgan fingerprint density at radius 2 is 0.979 bits per heavy atom. The van der Waals surface area contributed by atoms with Gasteiger partial charge in [-0.1, -0.05) is 42.5 Å². The molecule has 0 fully saturated rings. The highest BCUT2D eigenvalue weighted by atomic mass is 16.6. The molecule has 0 saturated heterocycles. The number of aliphatic hydroxyl groups excluding tert-OH is 3. The van der Waals surface area contributed by atoms with E-state index < -0.39 is 216 Å². The van der Waals surface area contributed by atoms with Crippen LogP contribution in [0.2, 0.25) is 0 Å². The third-order valence-electron chi connectivity index (χ3n) is 13.8. The number of carboxylic acid groups (broad SMARTS) is 1. The van der Waals surface area contributed by atoms with Gasteiger partial charge in [0.2, 0.25) is 70.9 Å². The predicted molar refractivity (Wildman–Crippen MR) is 333 cm³/mol. The van der Waals surface area contributed by atoms with Crippen LogP contribution < -0.4 is 81.0 Å². The largest absolute Gasteiger partial charge is 0.481 e. The quantitative estimate of drug-likeness (QED) is 0.0109. The fourth-order valence-electron chi connectivity index (χ4n) is 8.56. The van der Waals surface area contributed by atoms with Gasteiger partial charge in [-0.3, -0.25) is 87.4 Å². The van der Waals surface area contributed by atoms with E-state index >= 15 is 0 Å². The van der Waals surface area contributed by atoms with Gasteiger partial charge < -0.3 is 101 Å². The number of nitrogen functional groups attached to an aromatic ring is 1. The first kappa shape index (κ1) is 78.8. The summed E-state index contributed by atoms with van der Waals surface area (Å²) in [6, 6.07) is 0.834. The summed E-state index contributed by atoms with van der Waals surface area (Å²) in [4.78, 5) is 204. The molecule has 0 aliphatic carbocycles. The number of hydrogen-bond acceptors (Lipinski definition) is 23. The third kappa shape index (κ3) is 26.6. The first-order valence-corrected chi connectivity index (χ1v) is 29.3. The van der Waals surface area contributed by atoms with E-state index in [0.29, 0.717) is 5.56 Å². The van der Waals surface area contributed by atoms with Gasteiger partial charge in [-0.05, 0) is 63.8 Å². The molecule has 0 radical (unpaired) electrons. The van der Waals surface area contributed by atoms with Gasteiger partial charge in [0.15, 0.2) is 0 Å². The van der Waals surface area contributed by atoms with Crippen LogP contribution in [0.25, 0.3) is 0 Å². The summed E-state index contributed by atoms with van der Waals surface area (Å²) >= 11 is 0. The fourth-order valence-corrected chi connectivity index (χ4v) is 8.56. The van der Waals surface area contributed by atoms with Crippen molar-refractivity contribution in [3.63, 3.8) is 0 Å². The molecule has 39 heteroatoms. The molecule has 13 amide bonds. The zero-order chi connectivity index (χ0) is 71.9. The second-order valence-corrected chi connectivity index (χ2v) is 21.3. The average molecular weight is 1350 g/mol. The number of anilines is 2. The van der Waals surface area contributed by atoms with E-state index in [1.165, 1.54) is 31.2 Å². The molecule has 0 saturated carbocycles. The van der Waals surface area contributed by atoms with Crippen molar-refractivity contribution in [2.75, 3.05) is 43.9 Å². The Morgan fingerprint density at radius 3 is 1.51 bits per heavy atom. The van der Waals surface area contributed by atoms with E-state index in [1.54, 1.807) is 30.3 Å². The number of nitrogens with zero attached hydrogens (tertiary/aromatic N) is 2. The minimum atomic E-state index is -2.06. The molecule has 10 atom stereocenters.